The summed E-state index contributed by atoms with van der Waals surface area (Å²) < 4.78 is 42.2. The van der Waals surface area contributed by atoms with Crippen LogP contribution >= 0.6 is 12.4 Å². The van der Waals surface area contributed by atoms with Crippen molar-refractivity contribution in [2.45, 2.75) is 31.5 Å². The van der Waals surface area contributed by atoms with Crippen molar-refractivity contribution in [1.82, 2.24) is 10.3 Å². The molecular formula is C14H15ClF3N3O2. The molecule has 3 rings (SSSR count). The van der Waals surface area contributed by atoms with Gasteiger partial charge in [-0.05, 0) is 37.6 Å². The largest absolute Gasteiger partial charge is 0.468 e. The van der Waals surface area contributed by atoms with E-state index < -0.39 is 12.1 Å². The number of nitrogens with one attached hydrogen (secondary N) is 2. The lowest BCUT2D eigenvalue weighted by Gasteiger charge is -2.10. The van der Waals surface area contributed by atoms with E-state index in [0.29, 0.717) is 12.1 Å². The molecule has 1 aromatic heterocycles. The van der Waals surface area contributed by atoms with Crippen molar-refractivity contribution in [2.75, 3.05) is 11.9 Å². The highest BCUT2D eigenvalue weighted by Gasteiger charge is 2.37. The van der Waals surface area contributed by atoms with E-state index >= 15 is 0 Å². The lowest BCUT2D eigenvalue weighted by Crippen LogP contribution is -2.27. The molecule has 23 heavy (non-hydrogen) atoms. The minimum absolute atomic E-state index is 0. The van der Waals surface area contributed by atoms with Gasteiger partial charge in [0.15, 0.2) is 5.58 Å². The summed E-state index contributed by atoms with van der Waals surface area (Å²) in [6.45, 7) is 0.906. The number of carbonyl (C=O) groups excluding carboxylic acids is 1. The van der Waals surface area contributed by atoms with Crippen LogP contribution in [0.5, 0.6) is 0 Å². The minimum atomic E-state index is -4.63. The van der Waals surface area contributed by atoms with E-state index in [4.69, 9.17) is 0 Å². The van der Waals surface area contributed by atoms with Gasteiger partial charge in [-0.3, -0.25) is 4.79 Å². The van der Waals surface area contributed by atoms with Gasteiger partial charge in [0, 0.05) is 18.2 Å². The maximum absolute atomic E-state index is 12.5. The Balaban J connectivity index is 0.00000192. The lowest BCUT2D eigenvalue weighted by atomic mass is 10.1. The fraction of sp³-hybridized carbons (Fsp3) is 0.429. The first-order valence-corrected chi connectivity index (χ1v) is 6.93. The number of fused-ring (bicyclic) bond motifs is 1. The molecule has 126 valence electrons. The van der Waals surface area contributed by atoms with Gasteiger partial charge in [-0.1, -0.05) is 0 Å². The van der Waals surface area contributed by atoms with Crippen LogP contribution in [0.25, 0.3) is 11.1 Å². The highest BCUT2D eigenvalue weighted by Crippen LogP contribution is 2.31. The first-order valence-electron chi connectivity index (χ1n) is 6.93. The number of benzene rings is 1. The van der Waals surface area contributed by atoms with Crippen molar-refractivity contribution >= 4 is 35.1 Å². The number of nitrogens with zero attached hydrogens (tertiary/aromatic N) is 1. The van der Waals surface area contributed by atoms with Gasteiger partial charge in [0.1, 0.15) is 5.52 Å². The minimum Gasteiger partial charge on any atom is -0.433 e. The molecule has 1 atom stereocenters. The second kappa shape index (κ2) is 6.76. The summed E-state index contributed by atoms with van der Waals surface area (Å²) in [5, 5.41) is 5.88. The van der Waals surface area contributed by atoms with Crippen LogP contribution in [-0.2, 0) is 11.0 Å². The molecule has 1 aromatic carbocycles. The number of rotatable bonds is 3. The van der Waals surface area contributed by atoms with E-state index in [-0.39, 0.29) is 35.5 Å². The molecule has 2 N–H and O–H groups in total. The van der Waals surface area contributed by atoms with Crippen molar-refractivity contribution in [2.24, 2.45) is 0 Å². The fourth-order valence-electron chi connectivity index (χ4n) is 2.49. The van der Waals surface area contributed by atoms with E-state index in [2.05, 4.69) is 20.0 Å². The zero-order valence-corrected chi connectivity index (χ0v) is 12.8. The Morgan fingerprint density at radius 3 is 2.87 bits per heavy atom. The summed E-state index contributed by atoms with van der Waals surface area (Å²) in [6.07, 6.45) is -2.30. The van der Waals surface area contributed by atoms with Crippen LogP contribution in [0, 0.1) is 0 Å². The molecule has 0 radical (unpaired) electrons. The first kappa shape index (κ1) is 17.6. The molecule has 5 nitrogen and oxygen atoms in total. The van der Waals surface area contributed by atoms with E-state index in [9.17, 15) is 18.0 Å². The molecule has 1 aliphatic heterocycles. The average molecular weight is 350 g/mol. The van der Waals surface area contributed by atoms with Crippen LogP contribution < -0.4 is 10.6 Å². The van der Waals surface area contributed by atoms with Gasteiger partial charge in [0.2, 0.25) is 5.91 Å². The third kappa shape index (κ3) is 4.14. The number of anilines is 1. The van der Waals surface area contributed by atoms with E-state index in [0.717, 1.165) is 19.4 Å². The highest BCUT2D eigenvalue weighted by atomic mass is 35.5. The second-order valence-corrected chi connectivity index (χ2v) is 5.24. The molecule has 2 aromatic rings. The number of oxazole rings is 1. The third-order valence-electron chi connectivity index (χ3n) is 3.51. The van der Waals surface area contributed by atoms with Crippen LogP contribution in [0.1, 0.15) is 25.2 Å². The molecule has 1 fully saturated rings. The Hall–Kier alpha value is -1.80. The van der Waals surface area contributed by atoms with E-state index in [1.54, 1.807) is 0 Å². The highest BCUT2D eigenvalue weighted by molar-refractivity contribution is 5.93. The SMILES string of the molecule is Cl.O=C(CC1CCCN1)Nc1ccc2oc(C(F)(F)F)nc2c1. The van der Waals surface area contributed by atoms with Crippen LogP contribution in [0.2, 0.25) is 0 Å². The van der Waals surface area contributed by atoms with Gasteiger partial charge < -0.3 is 15.1 Å². The first-order chi connectivity index (χ1) is 10.4. The van der Waals surface area contributed by atoms with Crippen molar-refractivity contribution in [3.05, 3.63) is 24.1 Å². The molecule has 0 aliphatic carbocycles. The predicted molar refractivity (Wildman–Crippen MR) is 80.5 cm³/mol. The van der Waals surface area contributed by atoms with Crippen LogP contribution in [0.3, 0.4) is 0 Å². The summed E-state index contributed by atoms with van der Waals surface area (Å²) in [4.78, 5) is 15.3. The smallest absolute Gasteiger partial charge is 0.433 e. The average Bonchev–Trinajstić information content (AvgIpc) is 3.06. The standard InChI is InChI=1S/C14H14F3N3O2.ClH/c15-14(16,17)13-20-10-6-9(3-4-11(10)22-13)19-12(21)7-8-2-1-5-18-8;/h3-4,6,8,18H,1-2,5,7H2,(H,19,21);1H. The predicted octanol–water partition coefficient (Wildman–Crippen LogP) is 3.35. The summed E-state index contributed by atoms with van der Waals surface area (Å²) in [5.74, 6) is -1.47. The molecule has 1 unspecified atom stereocenters. The zero-order valence-electron chi connectivity index (χ0n) is 11.9. The number of alkyl halides is 3. The lowest BCUT2D eigenvalue weighted by molar-refractivity contribution is -0.156. The molecule has 2 heterocycles. The third-order valence-corrected chi connectivity index (χ3v) is 3.51. The number of carbonyl (C=O) groups is 1. The van der Waals surface area contributed by atoms with Crippen LogP contribution in [-0.4, -0.2) is 23.5 Å². The van der Waals surface area contributed by atoms with Crippen molar-refractivity contribution < 1.29 is 22.4 Å². The monoisotopic (exact) mass is 349 g/mol. The zero-order chi connectivity index (χ0) is 15.7. The van der Waals surface area contributed by atoms with Gasteiger partial charge >= 0.3 is 12.1 Å². The summed E-state index contributed by atoms with van der Waals surface area (Å²) >= 11 is 0. The molecule has 0 bridgehead atoms. The Morgan fingerprint density at radius 2 is 2.22 bits per heavy atom. The van der Waals surface area contributed by atoms with Gasteiger partial charge in [0.25, 0.3) is 0 Å². The fourth-order valence-corrected chi connectivity index (χ4v) is 2.49. The molecule has 1 aliphatic rings. The van der Waals surface area contributed by atoms with Crippen molar-refractivity contribution in [3.8, 4) is 0 Å². The quantitative estimate of drug-likeness (QED) is 0.891. The van der Waals surface area contributed by atoms with Gasteiger partial charge in [0.05, 0.1) is 0 Å². The molecule has 1 amide bonds. The maximum atomic E-state index is 12.5. The molecule has 9 heteroatoms. The maximum Gasteiger partial charge on any atom is 0.468 e. The Morgan fingerprint density at radius 1 is 1.43 bits per heavy atom. The Labute approximate surface area is 136 Å². The second-order valence-electron chi connectivity index (χ2n) is 5.24. The molecule has 0 spiro atoms. The number of halogens is 4. The number of hydrogen-bond donors (Lipinski definition) is 2. The number of aromatic nitrogens is 1. The van der Waals surface area contributed by atoms with Crippen LogP contribution in [0.15, 0.2) is 22.6 Å². The Kier molecular flexibility index (Phi) is 5.16. The summed E-state index contributed by atoms with van der Waals surface area (Å²) in [6, 6.07) is 4.38. The van der Waals surface area contributed by atoms with Gasteiger partial charge in [-0.2, -0.15) is 13.2 Å². The summed E-state index contributed by atoms with van der Waals surface area (Å²) in [7, 11) is 0. The molecular weight excluding hydrogens is 335 g/mol. The normalized spacial score (nSPS) is 18.0. The molecule has 0 saturated carbocycles. The summed E-state index contributed by atoms with van der Waals surface area (Å²) in [5.41, 5.74) is 0.490. The number of amides is 1. The van der Waals surface area contributed by atoms with E-state index in [1.807, 2.05) is 0 Å². The van der Waals surface area contributed by atoms with Crippen molar-refractivity contribution in [3.63, 3.8) is 0 Å². The van der Waals surface area contributed by atoms with Crippen LogP contribution in [0.4, 0.5) is 18.9 Å². The van der Waals surface area contributed by atoms with Gasteiger partial charge in [-0.25, -0.2) is 4.98 Å². The van der Waals surface area contributed by atoms with Gasteiger partial charge in [-0.15, -0.1) is 12.4 Å². The van der Waals surface area contributed by atoms with Crippen molar-refractivity contribution in [1.29, 1.82) is 0 Å². The molecule has 1 saturated heterocycles. The van der Waals surface area contributed by atoms with E-state index in [1.165, 1.54) is 18.2 Å². The topological polar surface area (TPSA) is 67.2 Å². The number of hydrogen-bond acceptors (Lipinski definition) is 4. The Bertz CT molecular complexity index is 696.